The van der Waals surface area contributed by atoms with Crippen LogP contribution in [0.2, 0.25) is 0 Å². The van der Waals surface area contributed by atoms with E-state index in [1.807, 2.05) is 38.1 Å². The monoisotopic (exact) mass is 267 g/mol. The van der Waals surface area contributed by atoms with Gasteiger partial charge in [-0.3, -0.25) is 0 Å². The Morgan fingerprint density at radius 3 is 2.10 bits per heavy atom. The maximum Gasteiger partial charge on any atom is 0.316 e. The SMILES string of the molecule is [C-]#[N+]c1ccc(C(C)c2cnc(OC(C)C)nc2)cc1. The lowest BCUT2D eigenvalue weighted by atomic mass is 9.95. The van der Waals surface area contributed by atoms with Crippen LogP contribution in [0.1, 0.15) is 37.8 Å². The van der Waals surface area contributed by atoms with Gasteiger partial charge in [-0.05, 0) is 25.0 Å². The lowest BCUT2D eigenvalue weighted by molar-refractivity contribution is 0.222. The van der Waals surface area contributed by atoms with Crippen molar-refractivity contribution in [2.45, 2.75) is 32.8 Å². The van der Waals surface area contributed by atoms with Gasteiger partial charge in [0.25, 0.3) is 0 Å². The molecule has 0 saturated carbocycles. The maximum atomic E-state index is 6.96. The topological polar surface area (TPSA) is 39.4 Å². The molecule has 0 radical (unpaired) electrons. The molecule has 4 heteroatoms. The molecule has 2 rings (SSSR count). The van der Waals surface area contributed by atoms with Crippen LogP contribution in [0.4, 0.5) is 5.69 Å². The third-order valence-electron chi connectivity index (χ3n) is 3.01. The van der Waals surface area contributed by atoms with Gasteiger partial charge in [-0.2, -0.15) is 0 Å². The Morgan fingerprint density at radius 1 is 1.00 bits per heavy atom. The van der Waals surface area contributed by atoms with E-state index >= 15 is 0 Å². The number of benzene rings is 1. The number of ether oxygens (including phenoxy) is 1. The third-order valence-corrected chi connectivity index (χ3v) is 3.01. The lowest BCUT2D eigenvalue weighted by Gasteiger charge is -2.13. The smallest absolute Gasteiger partial charge is 0.316 e. The minimum absolute atomic E-state index is 0.0689. The summed E-state index contributed by atoms with van der Waals surface area (Å²) in [6, 6.07) is 8.00. The Balaban J connectivity index is 2.15. The first-order valence-corrected chi connectivity index (χ1v) is 6.56. The van der Waals surface area contributed by atoms with E-state index in [0.717, 1.165) is 11.1 Å². The van der Waals surface area contributed by atoms with Crippen LogP contribution in [0.15, 0.2) is 36.7 Å². The minimum Gasteiger partial charge on any atom is -0.461 e. The van der Waals surface area contributed by atoms with Crippen molar-refractivity contribution < 1.29 is 4.74 Å². The standard InChI is InChI=1S/C16H17N3O/c1-11(2)20-16-18-9-14(10-19-16)12(3)13-5-7-15(17-4)8-6-13/h5-12H,1-3H3. The zero-order chi connectivity index (χ0) is 14.5. The number of nitrogens with zero attached hydrogens (tertiary/aromatic N) is 3. The van der Waals surface area contributed by atoms with E-state index in [-0.39, 0.29) is 12.0 Å². The predicted octanol–water partition coefficient (Wildman–Crippen LogP) is 3.97. The van der Waals surface area contributed by atoms with Gasteiger partial charge in [-0.15, -0.1) is 0 Å². The fourth-order valence-electron chi connectivity index (χ4n) is 1.85. The summed E-state index contributed by atoms with van der Waals surface area (Å²) in [5.41, 5.74) is 2.81. The van der Waals surface area contributed by atoms with Gasteiger partial charge in [0, 0.05) is 18.3 Å². The molecule has 102 valence electrons. The van der Waals surface area contributed by atoms with Crippen molar-refractivity contribution in [3.05, 3.63) is 59.2 Å². The fraction of sp³-hybridized carbons (Fsp3) is 0.312. The predicted molar refractivity (Wildman–Crippen MR) is 78.0 cm³/mol. The zero-order valence-electron chi connectivity index (χ0n) is 11.9. The van der Waals surface area contributed by atoms with Crippen LogP contribution in [0.3, 0.4) is 0 Å². The van der Waals surface area contributed by atoms with Crippen LogP contribution >= 0.6 is 0 Å². The Hall–Kier alpha value is -2.41. The van der Waals surface area contributed by atoms with Crippen LogP contribution in [0.25, 0.3) is 4.85 Å². The largest absolute Gasteiger partial charge is 0.461 e. The number of hydrogen-bond donors (Lipinski definition) is 0. The van der Waals surface area contributed by atoms with E-state index in [1.165, 1.54) is 0 Å². The molecule has 0 bridgehead atoms. The first kappa shape index (κ1) is 14.0. The van der Waals surface area contributed by atoms with Crippen molar-refractivity contribution >= 4 is 5.69 Å². The third kappa shape index (κ3) is 3.33. The van der Waals surface area contributed by atoms with Crippen molar-refractivity contribution in [1.82, 2.24) is 9.97 Å². The van der Waals surface area contributed by atoms with Gasteiger partial charge >= 0.3 is 6.01 Å². The molecule has 0 aliphatic heterocycles. The van der Waals surface area contributed by atoms with E-state index in [4.69, 9.17) is 11.3 Å². The molecule has 1 aromatic heterocycles. The van der Waals surface area contributed by atoms with Crippen molar-refractivity contribution in [3.63, 3.8) is 0 Å². The van der Waals surface area contributed by atoms with Crippen LogP contribution in [0.5, 0.6) is 6.01 Å². The van der Waals surface area contributed by atoms with Gasteiger partial charge in [0.1, 0.15) is 0 Å². The number of aromatic nitrogens is 2. The molecule has 0 N–H and O–H groups in total. The molecule has 4 nitrogen and oxygen atoms in total. The highest BCUT2D eigenvalue weighted by Crippen LogP contribution is 2.25. The highest BCUT2D eigenvalue weighted by Gasteiger charge is 2.10. The van der Waals surface area contributed by atoms with Gasteiger partial charge in [-0.1, -0.05) is 31.2 Å². The second-order valence-corrected chi connectivity index (χ2v) is 4.89. The van der Waals surface area contributed by atoms with Gasteiger partial charge < -0.3 is 4.74 Å². The zero-order valence-corrected chi connectivity index (χ0v) is 11.9. The van der Waals surface area contributed by atoms with Gasteiger partial charge in [0.2, 0.25) is 0 Å². The molecule has 2 aromatic rings. The van der Waals surface area contributed by atoms with Crippen LogP contribution in [-0.4, -0.2) is 16.1 Å². The van der Waals surface area contributed by atoms with Gasteiger partial charge in [-0.25, -0.2) is 14.8 Å². The van der Waals surface area contributed by atoms with E-state index in [1.54, 1.807) is 12.4 Å². The average Bonchev–Trinajstić information content (AvgIpc) is 2.47. The molecule has 0 aliphatic rings. The van der Waals surface area contributed by atoms with Gasteiger partial charge in [0.05, 0.1) is 12.7 Å². The lowest BCUT2D eigenvalue weighted by Crippen LogP contribution is -2.09. The molecular weight excluding hydrogens is 250 g/mol. The molecule has 1 aromatic carbocycles. The summed E-state index contributed by atoms with van der Waals surface area (Å²) in [6.45, 7) is 12.9. The molecule has 0 spiro atoms. The summed E-state index contributed by atoms with van der Waals surface area (Å²) in [5, 5.41) is 0. The molecule has 1 atom stereocenters. The average molecular weight is 267 g/mol. The molecule has 1 heterocycles. The Kier molecular flexibility index (Phi) is 4.31. The number of rotatable bonds is 4. The number of hydrogen-bond acceptors (Lipinski definition) is 3. The first-order valence-electron chi connectivity index (χ1n) is 6.56. The second kappa shape index (κ2) is 6.16. The molecule has 0 fully saturated rings. The van der Waals surface area contributed by atoms with Crippen molar-refractivity contribution in [1.29, 1.82) is 0 Å². The van der Waals surface area contributed by atoms with E-state index in [9.17, 15) is 0 Å². The van der Waals surface area contributed by atoms with Gasteiger partial charge in [0.15, 0.2) is 5.69 Å². The molecule has 0 saturated heterocycles. The summed E-state index contributed by atoms with van der Waals surface area (Å²) in [5.74, 6) is 0.183. The van der Waals surface area contributed by atoms with Crippen molar-refractivity contribution in [3.8, 4) is 6.01 Å². The summed E-state index contributed by atoms with van der Waals surface area (Å²) in [7, 11) is 0. The summed E-state index contributed by atoms with van der Waals surface area (Å²) in [6.07, 6.45) is 3.65. The molecule has 1 unspecified atom stereocenters. The maximum absolute atomic E-state index is 6.96. The summed E-state index contributed by atoms with van der Waals surface area (Å²) >= 11 is 0. The second-order valence-electron chi connectivity index (χ2n) is 4.89. The Labute approximate surface area is 119 Å². The van der Waals surface area contributed by atoms with Crippen molar-refractivity contribution in [2.24, 2.45) is 0 Å². The van der Waals surface area contributed by atoms with E-state index in [0.29, 0.717) is 11.7 Å². The highest BCUT2D eigenvalue weighted by atomic mass is 16.5. The fourth-order valence-corrected chi connectivity index (χ4v) is 1.85. The van der Waals surface area contributed by atoms with Crippen LogP contribution < -0.4 is 4.74 Å². The summed E-state index contributed by atoms with van der Waals surface area (Å²) in [4.78, 5) is 11.8. The molecular formula is C16H17N3O. The quantitative estimate of drug-likeness (QED) is 0.787. The van der Waals surface area contributed by atoms with Crippen LogP contribution in [0, 0.1) is 6.57 Å². The van der Waals surface area contributed by atoms with Crippen LogP contribution in [-0.2, 0) is 0 Å². The summed E-state index contributed by atoms with van der Waals surface area (Å²) < 4.78 is 5.43. The molecule has 0 amide bonds. The molecule has 0 aliphatic carbocycles. The van der Waals surface area contributed by atoms with E-state index in [2.05, 4.69) is 21.7 Å². The van der Waals surface area contributed by atoms with E-state index < -0.39 is 0 Å². The molecule has 20 heavy (non-hydrogen) atoms. The minimum atomic E-state index is 0.0689. The normalized spacial score (nSPS) is 11.9. The Morgan fingerprint density at radius 2 is 1.60 bits per heavy atom. The highest BCUT2D eigenvalue weighted by molar-refractivity contribution is 5.46. The van der Waals surface area contributed by atoms with Crippen molar-refractivity contribution in [2.75, 3.05) is 0 Å². The Bertz CT molecular complexity index is 597. The first-order chi connectivity index (χ1) is 9.60.